The summed E-state index contributed by atoms with van der Waals surface area (Å²) in [6.07, 6.45) is 7.01. The second-order valence-corrected chi connectivity index (χ2v) is 6.09. The number of fused-ring (bicyclic) bond motifs is 1. The Morgan fingerprint density at radius 3 is 2.75 bits per heavy atom. The standard InChI is InChI=1S/C18H19FN4O/c19-14-6-4-5-13(11-14)16-15(12-24)17-18(20-7-10-23(17)21-16)22-8-2-1-3-9-22/h4-7,10-11,24H,1-3,8-9,12H2. The van der Waals surface area contributed by atoms with Crippen LogP contribution in [0.3, 0.4) is 0 Å². The van der Waals surface area contributed by atoms with Gasteiger partial charge in [0.2, 0.25) is 0 Å². The highest BCUT2D eigenvalue weighted by Crippen LogP contribution is 2.32. The number of nitrogens with zero attached hydrogens (tertiary/aromatic N) is 4. The highest BCUT2D eigenvalue weighted by Gasteiger charge is 2.22. The lowest BCUT2D eigenvalue weighted by Gasteiger charge is -2.28. The van der Waals surface area contributed by atoms with Crippen molar-refractivity contribution in [1.29, 1.82) is 0 Å². The molecule has 3 aromatic rings. The lowest BCUT2D eigenvalue weighted by atomic mass is 10.1. The lowest BCUT2D eigenvalue weighted by Crippen LogP contribution is -2.30. The first-order chi connectivity index (χ1) is 11.8. The van der Waals surface area contributed by atoms with Gasteiger partial charge in [0.1, 0.15) is 11.3 Å². The van der Waals surface area contributed by atoms with Crippen molar-refractivity contribution in [3.8, 4) is 11.3 Å². The van der Waals surface area contributed by atoms with E-state index in [0.29, 0.717) is 16.8 Å². The molecule has 6 heteroatoms. The van der Waals surface area contributed by atoms with Gasteiger partial charge in [0.15, 0.2) is 5.82 Å². The molecule has 1 N–H and O–H groups in total. The molecule has 0 spiro atoms. The second kappa shape index (κ2) is 6.20. The van der Waals surface area contributed by atoms with Gasteiger partial charge >= 0.3 is 0 Å². The van der Waals surface area contributed by atoms with Gasteiger partial charge in [-0.2, -0.15) is 5.10 Å². The maximum Gasteiger partial charge on any atom is 0.155 e. The lowest BCUT2D eigenvalue weighted by molar-refractivity contribution is 0.284. The van der Waals surface area contributed by atoms with Crippen LogP contribution in [0.15, 0.2) is 36.7 Å². The van der Waals surface area contributed by atoms with Crippen molar-refractivity contribution in [3.05, 3.63) is 48.0 Å². The third-order valence-corrected chi connectivity index (χ3v) is 4.54. The molecule has 1 fully saturated rings. The van der Waals surface area contributed by atoms with Gasteiger partial charge in [-0.05, 0) is 31.4 Å². The fourth-order valence-electron chi connectivity index (χ4n) is 3.40. The highest BCUT2D eigenvalue weighted by molar-refractivity contribution is 5.81. The van der Waals surface area contributed by atoms with Gasteiger partial charge in [0, 0.05) is 36.6 Å². The number of halogens is 1. The number of anilines is 1. The molecule has 1 aliphatic rings. The Labute approximate surface area is 139 Å². The van der Waals surface area contributed by atoms with Crippen LogP contribution in [0.2, 0.25) is 0 Å². The molecule has 3 heterocycles. The van der Waals surface area contributed by atoms with Crippen molar-refractivity contribution in [2.24, 2.45) is 0 Å². The summed E-state index contributed by atoms with van der Waals surface area (Å²) < 4.78 is 15.3. The van der Waals surface area contributed by atoms with Gasteiger partial charge < -0.3 is 10.0 Å². The van der Waals surface area contributed by atoms with Gasteiger partial charge in [-0.15, -0.1) is 0 Å². The summed E-state index contributed by atoms with van der Waals surface area (Å²) in [5, 5.41) is 14.5. The minimum atomic E-state index is -0.317. The number of rotatable bonds is 3. The fourth-order valence-corrected chi connectivity index (χ4v) is 3.40. The molecule has 0 bridgehead atoms. The van der Waals surface area contributed by atoms with Crippen LogP contribution in [0.4, 0.5) is 10.2 Å². The molecule has 0 aliphatic carbocycles. The Balaban J connectivity index is 1.91. The van der Waals surface area contributed by atoms with E-state index in [9.17, 15) is 9.50 Å². The summed E-state index contributed by atoms with van der Waals surface area (Å²) in [7, 11) is 0. The number of benzene rings is 1. The van der Waals surface area contributed by atoms with E-state index in [1.54, 1.807) is 29.0 Å². The summed E-state index contributed by atoms with van der Waals surface area (Å²) in [4.78, 5) is 6.79. The fraction of sp³-hybridized carbons (Fsp3) is 0.333. The molecule has 2 aromatic heterocycles. The van der Waals surface area contributed by atoms with Gasteiger partial charge in [-0.1, -0.05) is 12.1 Å². The Bertz CT molecular complexity index is 871. The Morgan fingerprint density at radius 2 is 2.00 bits per heavy atom. The van der Waals surface area contributed by atoms with Crippen LogP contribution >= 0.6 is 0 Å². The number of hydrogen-bond donors (Lipinski definition) is 1. The molecule has 0 amide bonds. The maximum absolute atomic E-state index is 13.6. The topological polar surface area (TPSA) is 53.7 Å². The van der Waals surface area contributed by atoms with Crippen LogP contribution in [-0.4, -0.2) is 32.8 Å². The molecule has 5 nitrogen and oxygen atoms in total. The first-order valence-electron chi connectivity index (χ1n) is 8.26. The molecule has 0 unspecified atom stereocenters. The van der Waals surface area contributed by atoms with Gasteiger partial charge in [-0.3, -0.25) is 0 Å². The average molecular weight is 326 g/mol. The molecule has 0 radical (unpaired) electrons. The Hall–Kier alpha value is -2.47. The van der Waals surface area contributed by atoms with Crippen molar-refractivity contribution in [3.63, 3.8) is 0 Å². The smallest absolute Gasteiger partial charge is 0.155 e. The first-order valence-corrected chi connectivity index (χ1v) is 8.26. The number of hydrogen-bond acceptors (Lipinski definition) is 4. The zero-order valence-electron chi connectivity index (χ0n) is 13.3. The number of aliphatic hydroxyl groups is 1. The van der Waals surface area contributed by atoms with E-state index >= 15 is 0 Å². The van der Waals surface area contributed by atoms with Gasteiger partial charge in [0.05, 0.1) is 12.3 Å². The SMILES string of the molecule is OCc1c(-c2cccc(F)c2)nn2ccnc(N3CCCCC3)c12. The van der Waals surface area contributed by atoms with Crippen molar-refractivity contribution in [2.45, 2.75) is 25.9 Å². The Morgan fingerprint density at radius 1 is 1.17 bits per heavy atom. The van der Waals surface area contributed by atoms with Crippen molar-refractivity contribution in [2.75, 3.05) is 18.0 Å². The highest BCUT2D eigenvalue weighted by atomic mass is 19.1. The molecule has 24 heavy (non-hydrogen) atoms. The van der Waals surface area contributed by atoms with Crippen LogP contribution in [0.1, 0.15) is 24.8 Å². The molecule has 0 atom stereocenters. The van der Waals surface area contributed by atoms with E-state index in [1.165, 1.54) is 18.6 Å². The summed E-state index contributed by atoms with van der Waals surface area (Å²) >= 11 is 0. The van der Waals surface area contributed by atoms with Crippen LogP contribution in [0.25, 0.3) is 16.8 Å². The zero-order chi connectivity index (χ0) is 16.5. The van der Waals surface area contributed by atoms with Crippen LogP contribution in [0, 0.1) is 5.82 Å². The maximum atomic E-state index is 13.6. The predicted octanol–water partition coefficient (Wildman–Crippen LogP) is 3.02. The van der Waals surface area contributed by atoms with Crippen molar-refractivity contribution < 1.29 is 9.50 Å². The monoisotopic (exact) mass is 326 g/mol. The minimum Gasteiger partial charge on any atom is -0.392 e. The minimum absolute atomic E-state index is 0.165. The van der Waals surface area contributed by atoms with Crippen LogP contribution < -0.4 is 4.90 Å². The molecule has 4 rings (SSSR count). The third-order valence-electron chi connectivity index (χ3n) is 4.54. The van der Waals surface area contributed by atoms with E-state index < -0.39 is 0 Å². The quantitative estimate of drug-likeness (QED) is 0.804. The summed E-state index contributed by atoms with van der Waals surface area (Å²) in [6.45, 7) is 1.75. The van der Waals surface area contributed by atoms with Gasteiger partial charge in [-0.25, -0.2) is 13.9 Å². The zero-order valence-corrected chi connectivity index (χ0v) is 13.3. The van der Waals surface area contributed by atoms with Gasteiger partial charge in [0.25, 0.3) is 0 Å². The van der Waals surface area contributed by atoms with Crippen molar-refractivity contribution >= 4 is 11.3 Å². The largest absolute Gasteiger partial charge is 0.392 e. The van der Waals surface area contributed by atoms with Crippen molar-refractivity contribution in [1.82, 2.24) is 14.6 Å². The van der Waals surface area contributed by atoms with Crippen LogP contribution in [-0.2, 0) is 6.61 Å². The number of aromatic nitrogens is 3. The third kappa shape index (κ3) is 2.53. The molecule has 1 aliphatic heterocycles. The van der Waals surface area contributed by atoms with E-state index in [4.69, 9.17) is 0 Å². The normalized spacial score (nSPS) is 15.2. The molecular formula is C18H19FN4O. The predicted molar refractivity (Wildman–Crippen MR) is 90.4 cm³/mol. The molecule has 1 saturated heterocycles. The molecule has 124 valence electrons. The van der Waals surface area contributed by atoms with E-state index in [-0.39, 0.29) is 12.4 Å². The summed E-state index contributed by atoms with van der Waals surface area (Å²) in [5.74, 6) is 0.527. The Kier molecular flexibility index (Phi) is 3.90. The summed E-state index contributed by atoms with van der Waals surface area (Å²) in [6, 6.07) is 6.30. The van der Waals surface area contributed by atoms with E-state index in [0.717, 1.165) is 37.3 Å². The van der Waals surface area contributed by atoms with Crippen LogP contribution in [0.5, 0.6) is 0 Å². The number of piperidine rings is 1. The first kappa shape index (κ1) is 15.1. The average Bonchev–Trinajstić information content (AvgIpc) is 3.01. The van der Waals surface area contributed by atoms with E-state index in [1.807, 2.05) is 0 Å². The molecule has 1 aromatic carbocycles. The summed E-state index contributed by atoms with van der Waals surface area (Å²) in [5.41, 5.74) is 2.76. The second-order valence-electron chi connectivity index (χ2n) is 6.09. The molecule has 0 saturated carbocycles. The van der Waals surface area contributed by atoms with E-state index in [2.05, 4.69) is 15.0 Å². The molecular weight excluding hydrogens is 307 g/mol. The number of aliphatic hydroxyl groups excluding tert-OH is 1.